The van der Waals surface area contributed by atoms with Crippen molar-refractivity contribution < 1.29 is 13.7 Å². The van der Waals surface area contributed by atoms with Gasteiger partial charge in [0.25, 0.3) is 0 Å². The molecule has 1 heterocycles. The maximum Gasteiger partial charge on any atom is 0.142 e. The number of rotatable bonds is 9. The number of fused-ring (bicyclic) bond motifs is 1. The van der Waals surface area contributed by atoms with E-state index in [1.807, 2.05) is 24.3 Å². The van der Waals surface area contributed by atoms with Crippen molar-refractivity contribution in [1.82, 2.24) is 15.3 Å². The van der Waals surface area contributed by atoms with E-state index in [2.05, 4.69) is 32.4 Å². The van der Waals surface area contributed by atoms with Crippen molar-refractivity contribution in [1.29, 1.82) is 0 Å². The molecule has 190 valence electrons. The zero-order valence-corrected chi connectivity index (χ0v) is 22.2. The highest BCUT2D eigenvalue weighted by Gasteiger charge is 2.10. The van der Waals surface area contributed by atoms with E-state index >= 15 is 0 Å². The lowest BCUT2D eigenvalue weighted by Gasteiger charge is -2.12. The third-order valence-corrected chi connectivity index (χ3v) is 7.00. The number of aromatic nitrogens is 2. The molecule has 0 aliphatic heterocycles. The summed E-state index contributed by atoms with van der Waals surface area (Å²) in [5.74, 6) is 7.10. The van der Waals surface area contributed by atoms with Crippen molar-refractivity contribution >= 4 is 41.2 Å². The van der Waals surface area contributed by atoms with Crippen molar-refractivity contribution in [3.63, 3.8) is 0 Å². The third-order valence-electron chi connectivity index (χ3n) is 5.40. The molecule has 0 saturated heterocycles. The summed E-state index contributed by atoms with van der Waals surface area (Å²) in [6, 6.07) is 17.3. The highest BCUT2D eigenvalue weighted by Crippen LogP contribution is 2.34. The first-order valence-electron chi connectivity index (χ1n) is 11.7. The Labute approximate surface area is 221 Å². The van der Waals surface area contributed by atoms with Crippen molar-refractivity contribution in [2.75, 3.05) is 37.9 Å². The summed E-state index contributed by atoms with van der Waals surface area (Å²) >= 11 is 6.46. The predicted octanol–water partition coefficient (Wildman–Crippen LogP) is 6.31. The maximum absolute atomic E-state index is 13.4. The molecule has 0 aliphatic carbocycles. The molecular formula is C28H27ClFN4O2P. The van der Waals surface area contributed by atoms with Crippen LogP contribution in [0.1, 0.15) is 11.1 Å². The van der Waals surface area contributed by atoms with Gasteiger partial charge in [0, 0.05) is 24.0 Å². The SMILES string of the molecule is CP(C)(=O)CCNCC#Cc1cccc2ncnc(Nc3ccc(OCc4cccc(F)c4)c(Cl)c3)c12. The van der Waals surface area contributed by atoms with Crippen LogP contribution < -0.4 is 15.4 Å². The van der Waals surface area contributed by atoms with Gasteiger partial charge >= 0.3 is 0 Å². The molecule has 0 atom stereocenters. The van der Waals surface area contributed by atoms with Crippen LogP contribution in [0.5, 0.6) is 5.75 Å². The molecule has 0 spiro atoms. The molecule has 3 aromatic carbocycles. The molecule has 0 aliphatic rings. The molecule has 1 aromatic heterocycles. The Bertz CT molecular complexity index is 1510. The van der Waals surface area contributed by atoms with Gasteiger partial charge in [0.2, 0.25) is 0 Å². The predicted molar refractivity (Wildman–Crippen MR) is 149 cm³/mol. The molecule has 4 rings (SSSR count). The van der Waals surface area contributed by atoms with Crippen LogP contribution in [0.15, 0.2) is 67.0 Å². The van der Waals surface area contributed by atoms with Gasteiger partial charge in [-0.2, -0.15) is 0 Å². The number of ether oxygens (including phenoxy) is 1. The van der Waals surface area contributed by atoms with Gasteiger partial charge in [-0.25, -0.2) is 14.4 Å². The first kappa shape index (κ1) is 26.6. The van der Waals surface area contributed by atoms with Crippen LogP contribution in [-0.4, -0.2) is 42.5 Å². The number of hydrogen-bond donors (Lipinski definition) is 2. The molecule has 9 heteroatoms. The Kier molecular flexibility index (Phi) is 8.78. The largest absolute Gasteiger partial charge is 0.487 e. The highest BCUT2D eigenvalue weighted by atomic mass is 35.5. The molecule has 0 unspecified atom stereocenters. The van der Waals surface area contributed by atoms with Crippen LogP contribution in [0.3, 0.4) is 0 Å². The lowest BCUT2D eigenvalue weighted by Crippen LogP contribution is -2.18. The normalized spacial score (nSPS) is 11.1. The molecule has 6 nitrogen and oxygen atoms in total. The Morgan fingerprint density at radius 1 is 1.08 bits per heavy atom. The first-order chi connectivity index (χ1) is 17.8. The minimum atomic E-state index is -2.04. The summed E-state index contributed by atoms with van der Waals surface area (Å²) in [6.45, 7) is 4.91. The van der Waals surface area contributed by atoms with E-state index in [9.17, 15) is 8.96 Å². The Morgan fingerprint density at radius 2 is 1.92 bits per heavy atom. The summed E-state index contributed by atoms with van der Waals surface area (Å²) < 4.78 is 31.0. The topological polar surface area (TPSA) is 76.1 Å². The van der Waals surface area contributed by atoms with Crippen molar-refractivity contribution in [2.45, 2.75) is 6.61 Å². The molecule has 0 radical (unpaired) electrons. The van der Waals surface area contributed by atoms with Crippen LogP contribution in [0.2, 0.25) is 5.02 Å². The summed E-state index contributed by atoms with van der Waals surface area (Å²) in [6.07, 6.45) is 2.14. The average molecular weight is 537 g/mol. The zero-order chi connectivity index (χ0) is 26.3. The van der Waals surface area contributed by atoms with E-state index in [0.717, 1.165) is 22.2 Å². The summed E-state index contributed by atoms with van der Waals surface area (Å²) in [7, 11) is -2.04. The fourth-order valence-electron chi connectivity index (χ4n) is 3.57. The van der Waals surface area contributed by atoms with E-state index < -0.39 is 7.14 Å². The van der Waals surface area contributed by atoms with Crippen molar-refractivity contribution in [3.8, 4) is 17.6 Å². The van der Waals surface area contributed by atoms with Gasteiger partial charge in [-0.05, 0) is 61.4 Å². The second kappa shape index (κ2) is 12.2. The second-order valence-electron chi connectivity index (χ2n) is 8.89. The van der Waals surface area contributed by atoms with Gasteiger partial charge in [0.1, 0.15) is 30.3 Å². The van der Waals surface area contributed by atoms with E-state index in [4.69, 9.17) is 16.3 Å². The van der Waals surface area contributed by atoms with Crippen LogP contribution in [0.25, 0.3) is 10.9 Å². The minimum absolute atomic E-state index is 0.202. The zero-order valence-electron chi connectivity index (χ0n) is 20.6. The van der Waals surface area contributed by atoms with E-state index in [-0.39, 0.29) is 12.4 Å². The summed E-state index contributed by atoms with van der Waals surface area (Å²) in [4.78, 5) is 8.82. The number of nitrogens with zero attached hydrogens (tertiary/aromatic N) is 2. The van der Waals surface area contributed by atoms with Gasteiger partial charge in [-0.15, -0.1) is 0 Å². The fraction of sp³-hybridized carbons (Fsp3) is 0.214. The molecule has 4 aromatic rings. The van der Waals surface area contributed by atoms with Gasteiger partial charge in [-0.3, -0.25) is 0 Å². The highest BCUT2D eigenvalue weighted by molar-refractivity contribution is 7.62. The Hall–Kier alpha value is -3.43. The smallest absolute Gasteiger partial charge is 0.142 e. The molecule has 0 saturated carbocycles. The van der Waals surface area contributed by atoms with Gasteiger partial charge in [-0.1, -0.05) is 41.6 Å². The molecule has 0 amide bonds. The van der Waals surface area contributed by atoms with Gasteiger partial charge < -0.3 is 19.9 Å². The second-order valence-corrected chi connectivity index (χ2v) is 12.9. The van der Waals surface area contributed by atoms with Gasteiger partial charge in [0.05, 0.1) is 29.6 Å². The lowest BCUT2D eigenvalue weighted by atomic mass is 10.1. The maximum atomic E-state index is 13.4. The van der Waals surface area contributed by atoms with Crippen LogP contribution in [0.4, 0.5) is 15.9 Å². The first-order valence-corrected chi connectivity index (χ1v) is 14.9. The molecule has 0 bridgehead atoms. The standard InChI is InChI=1S/C28H27ClFN4O2P/c1-37(2,35)15-14-31-13-5-8-21-7-4-10-25-27(21)28(33-19-32-25)34-23-11-12-26(24(29)17-23)36-18-20-6-3-9-22(30)16-20/h3-4,6-7,9-12,16-17,19,31H,13-15,18H2,1-2H3,(H,32,33,34). The van der Waals surface area contributed by atoms with E-state index in [1.165, 1.54) is 18.5 Å². The molecular weight excluding hydrogens is 510 g/mol. The average Bonchev–Trinajstić information content (AvgIpc) is 2.85. The number of halogens is 2. The molecule has 37 heavy (non-hydrogen) atoms. The number of hydrogen-bond acceptors (Lipinski definition) is 6. The number of anilines is 2. The fourth-order valence-corrected chi connectivity index (χ4v) is 4.50. The van der Waals surface area contributed by atoms with Crippen LogP contribution >= 0.6 is 18.7 Å². The molecule has 0 fully saturated rings. The summed E-state index contributed by atoms with van der Waals surface area (Å²) in [5.41, 5.74) is 2.98. The van der Waals surface area contributed by atoms with Gasteiger partial charge in [0.15, 0.2) is 0 Å². The minimum Gasteiger partial charge on any atom is -0.487 e. The molecule has 2 N–H and O–H groups in total. The number of nitrogens with one attached hydrogen (secondary N) is 2. The van der Waals surface area contributed by atoms with Crippen LogP contribution in [-0.2, 0) is 11.2 Å². The van der Waals surface area contributed by atoms with E-state index in [1.54, 1.807) is 37.6 Å². The Morgan fingerprint density at radius 3 is 2.70 bits per heavy atom. The van der Waals surface area contributed by atoms with Crippen LogP contribution in [0, 0.1) is 17.7 Å². The number of benzene rings is 3. The van der Waals surface area contributed by atoms with Crippen molar-refractivity contribution in [3.05, 3.63) is 89.0 Å². The lowest BCUT2D eigenvalue weighted by molar-refractivity contribution is 0.306. The third kappa shape index (κ3) is 7.77. The quantitative estimate of drug-likeness (QED) is 0.148. The summed E-state index contributed by atoms with van der Waals surface area (Å²) in [5, 5.41) is 7.73. The monoisotopic (exact) mass is 536 g/mol. The van der Waals surface area contributed by atoms with Crippen molar-refractivity contribution in [2.24, 2.45) is 0 Å². The Balaban J connectivity index is 1.48. The van der Waals surface area contributed by atoms with E-state index in [0.29, 0.717) is 41.4 Å².